The lowest BCUT2D eigenvalue weighted by Crippen LogP contribution is -2.47. The zero-order valence-corrected chi connectivity index (χ0v) is 15.2. The third kappa shape index (κ3) is 3.13. The van der Waals surface area contributed by atoms with Crippen molar-refractivity contribution in [3.63, 3.8) is 0 Å². The second kappa shape index (κ2) is 7.32. The summed E-state index contributed by atoms with van der Waals surface area (Å²) < 4.78 is 10.8. The molecule has 1 aliphatic heterocycles. The molecule has 2 heterocycles. The lowest BCUT2D eigenvalue weighted by Gasteiger charge is -2.38. The molecule has 1 aliphatic rings. The number of aliphatic hydroxyl groups is 1. The van der Waals surface area contributed by atoms with Crippen molar-refractivity contribution in [1.29, 1.82) is 0 Å². The Morgan fingerprint density at radius 1 is 1.00 bits per heavy atom. The topological polar surface area (TPSA) is 66.2 Å². The van der Waals surface area contributed by atoms with Crippen LogP contribution >= 0.6 is 0 Å². The van der Waals surface area contributed by atoms with Gasteiger partial charge >= 0.3 is 5.63 Å². The monoisotopic (exact) mass is 366 g/mol. The Labute approximate surface area is 157 Å². The highest BCUT2D eigenvalue weighted by molar-refractivity contribution is 5.92. The Hall–Kier alpha value is -2.99. The van der Waals surface area contributed by atoms with Crippen molar-refractivity contribution in [2.45, 2.75) is 6.61 Å². The Kier molecular flexibility index (Phi) is 4.73. The van der Waals surface area contributed by atoms with Crippen LogP contribution in [0.4, 0.5) is 11.4 Å². The molecule has 6 heteroatoms. The summed E-state index contributed by atoms with van der Waals surface area (Å²) in [6.07, 6.45) is 0. The van der Waals surface area contributed by atoms with Gasteiger partial charge in [0, 0.05) is 31.6 Å². The van der Waals surface area contributed by atoms with E-state index in [1.54, 1.807) is 13.2 Å². The molecule has 2 aromatic carbocycles. The van der Waals surface area contributed by atoms with E-state index in [1.165, 1.54) is 0 Å². The minimum absolute atomic E-state index is 0.319. The van der Waals surface area contributed by atoms with Crippen LogP contribution in [0.5, 0.6) is 5.75 Å². The van der Waals surface area contributed by atoms with Crippen LogP contribution in [0, 0.1) is 0 Å². The molecule has 1 N–H and O–H groups in total. The van der Waals surface area contributed by atoms with Gasteiger partial charge in [0.05, 0.1) is 30.7 Å². The molecule has 1 aromatic heterocycles. The standard InChI is InChI=1S/C21H22N2O4/c1-26-19-9-5-3-7-17(19)22-10-12-23(13-11-22)20-15-6-2-4-8-18(15)27-21(25)16(20)14-24/h2-9,24H,10-14H2,1H3. The van der Waals surface area contributed by atoms with Gasteiger partial charge in [-0.1, -0.05) is 24.3 Å². The predicted octanol–water partition coefficient (Wildman–Crippen LogP) is 2.62. The number of anilines is 2. The first kappa shape index (κ1) is 17.4. The minimum atomic E-state index is -0.474. The molecule has 140 valence electrons. The summed E-state index contributed by atoms with van der Waals surface area (Å²) in [5.74, 6) is 0.854. The van der Waals surface area contributed by atoms with Crippen LogP contribution in [0.2, 0.25) is 0 Å². The maximum absolute atomic E-state index is 12.3. The SMILES string of the molecule is COc1ccccc1N1CCN(c2c(CO)c(=O)oc3ccccc23)CC1. The average molecular weight is 366 g/mol. The highest BCUT2D eigenvalue weighted by Gasteiger charge is 2.24. The van der Waals surface area contributed by atoms with Gasteiger partial charge in [0.1, 0.15) is 11.3 Å². The van der Waals surface area contributed by atoms with E-state index in [4.69, 9.17) is 9.15 Å². The van der Waals surface area contributed by atoms with Crippen molar-refractivity contribution in [3.8, 4) is 5.75 Å². The fraction of sp³-hybridized carbons (Fsp3) is 0.286. The smallest absolute Gasteiger partial charge is 0.343 e. The zero-order chi connectivity index (χ0) is 18.8. The first-order chi connectivity index (χ1) is 13.2. The number of piperazine rings is 1. The van der Waals surface area contributed by atoms with Gasteiger partial charge in [0.2, 0.25) is 0 Å². The van der Waals surface area contributed by atoms with Crippen molar-refractivity contribution in [1.82, 2.24) is 0 Å². The molecule has 6 nitrogen and oxygen atoms in total. The lowest BCUT2D eigenvalue weighted by molar-refractivity contribution is 0.276. The van der Waals surface area contributed by atoms with E-state index in [9.17, 15) is 9.90 Å². The first-order valence-electron chi connectivity index (χ1n) is 9.01. The molecule has 0 bridgehead atoms. The van der Waals surface area contributed by atoms with Crippen LogP contribution in [0.1, 0.15) is 5.56 Å². The third-order valence-electron chi connectivity index (χ3n) is 5.06. The molecule has 0 aliphatic carbocycles. The number of hydrogen-bond acceptors (Lipinski definition) is 6. The van der Waals surface area contributed by atoms with E-state index in [1.807, 2.05) is 36.4 Å². The van der Waals surface area contributed by atoms with E-state index in [-0.39, 0.29) is 6.61 Å². The third-order valence-corrected chi connectivity index (χ3v) is 5.06. The summed E-state index contributed by atoms with van der Waals surface area (Å²) >= 11 is 0. The number of rotatable bonds is 4. The fourth-order valence-corrected chi connectivity index (χ4v) is 3.73. The van der Waals surface area contributed by atoms with Crippen molar-refractivity contribution < 1.29 is 14.3 Å². The van der Waals surface area contributed by atoms with E-state index in [2.05, 4.69) is 15.9 Å². The number of nitrogens with zero attached hydrogens (tertiary/aromatic N) is 2. The highest BCUT2D eigenvalue weighted by atomic mass is 16.5. The molecular formula is C21H22N2O4. The summed E-state index contributed by atoms with van der Waals surface area (Å²) in [5.41, 5.74) is 2.24. The van der Waals surface area contributed by atoms with E-state index in [0.717, 1.165) is 48.7 Å². The maximum atomic E-state index is 12.3. The van der Waals surface area contributed by atoms with Gasteiger partial charge in [-0.2, -0.15) is 0 Å². The van der Waals surface area contributed by atoms with E-state index < -0.39 is 5.63 Å². The maximum Gasteiger partial charge on any atom is 0.343 e. The fourth-order valence-electron chi connectivity index (χ4n) is 3.73. The van der Waals surface area contributed by atoms with Gasteiger partial charge in [0.15, 0.2) is 0 Å². The minimum Gasteiger partial charge on any atom is -0.495 e. The number of methoxy groups -OCH3 is 1. The molecule has 0 radical (unpaired) electrons. The van der Waals surface area contributed by atoms with E-state index >= 15 is 0 Å². The van der Waals surface area contributed by atoms with Gasteiger partial charge in [0.25, 0.3) is 0 Å². The summed E-state index contributed by atoms with van der Waals surface area (Å²) in [4.78, 5) is 16.8. The largest absolute Gasteiger partial charge is 0.495 e. The van der Waals surface area contributed by atoms with Crippen LogP contribution in [0.25, 0.3) is 11.0 Å². The van der Waals surface area contributed by atoms with Crippen LogP contribution in [-0.2, 0) is 6.61 Å². The van der Waals surface area contributed by atoms with Crippen molar-refractivity contribution >= 4 is 22.3 Å². The predicted molar refractivity (Wildman–Crippen MR) is 106 cm³/mol. The second-order valence-electron chi connectivity index (χ2n) is 6.52. The van der Waals surface area contributed by atoms with Gasteiger partial charge in [-0.3, -0.25) is 0 Å². The van der Waals surface area contributed by atoms with Crippen LogP contribution in [-0.4, -0.2) is 38.4 Å². The Morgan fingerprint density at radius 2 is 1.67 bits per heavy atom. The number of hydrogen-bond donors (Lipinski definition) is 1. The number of ether oxygens (including phenoxy) is 1. The van der Waals surface area contributed by atoms with Gasteiger partial charge < -0.3 is 24.1 Å². The highest BCUT2D eigenvalue weighted by Crippen LogP contribution is 2.32. The van der Waals surface area contributed by atoms with Crippen LogP contribution < -0.4 is 20.2 Å². The van der Waals surface area contributed by atoms with Crippen LogP contribution in [0.3, 0.4) is 0 Å². The molecule has 1 saturated heterocycles. The summed E-state index contributed by atoms with van der Waals surface area (Å²) in [7, 11) is 1.68. The zero-order valence-electron chi connectivity index (χ0n) is 15.2. The van der Waals surface area contributed by atoms with Gasteiger partial charge in [-0.05, 0) is 24.3 Å². The summed E-state index contributed by atoms with van der Waals surface area (Å²) in [6.45, 7) is 2.71. The van der Waals surface area contributed by atoms with Crippen molar-refractivity contribution in [3.05, 3.63) is 64.5 Å². The molecular weight excluding hydrogens is 344 g/mol. The quantitative estimate of drug-likeness (QED) is 0.716. The molecule has 0 amide bonds. The van der Waals surface area contributed by atoms with E-state index in [0.29, 0.717) is 11.1 Å². The summed E-state index contributed by atoms with van der Waals surface area (Å²) in [5, 5.41) is 10.6. The number of fused-ring (bicyclic) bond motifs is 1. The first-order valence-corrected chi connectivity index (χ1v) is 9.01. The number of aliphatic hydroxyl groups excluding tert-OH is 1. The molecule has 1 fully saturated rings. The molecule has 3 aromatic rings. The Morgan fingerprint density at radius 3 is 2.41 bits per heavy atom. The normalized spacial score (nSPS) is 14.6. The van der Waals surface area contributed by atoms with Crippen LogP contribution in [0.15, 0.2) is 57.7 Å². The molecule has 0 saturated carbocycles. The van der Waals surface area contributed by atoms with Gasteiger partial charge in [-0.25, -0.2) is 4.79 Å². The molecule has 27 heavy (non-hydrogen) atoms. The molecule has 0 spiro atoms. The second-order valence-corrected chi connectivity index (χ2v) is 6.52. The Balaban J connectivity index is 1.66. The lowest BCUT2D eigenvalue weighted by atomic mass is 10.1. The number of para-hydroxylation sites is 3. The average Bonchev–Trinajstić information content (AvgIpc) is 2.73. The van der Waals surface area contributed by atoms with Crippen molar-refractivity contribution in [2.24, 2.45) is 0 Å². The molecule has 0 atom stereocenters. The van der Waals surface area contributed by atoms with Crippen molar-refractivity contribution in [2.75, 3.05) is 43.1 Å². The van der Waals surface area contributed by atoms with Gasteiger partial charge in [-0.15, -0.1) is 0 Å². The molecule has 0 unspecified atom stereocenters. The number of benzene rings is 2. The summed E-state index contributed by atoms with van der Waals surface area (Å²) in [6, 6.07) is 15.4. The molecule has 4 rings (SSSR count). The Bertz CT molecular complexity index is 1010.